The van der Waals surface area contributed by atoms with Crippen molar-refractivity contribution in [2.45, 2.75) is 57.1 Å². The fraction of sp³-hybridized carbons (Fsp3) is 0.588. The van der Waals surface area contributed by atoms with Gasteiger partial charge in [-0.2, -0.15) is 15.2 Å². The van der Waals surface area contributed by atoms with Crippen molar-refractivity contribution in [1.82, 2.24) is 19.5 Å². The molecule has 32 heavy (non-hydrogen) atoms. The molecule has 0 aromatic carbocycles. The number of imidazole rings is 1. The maximum atomic E-state index is 12.2. The maximum absolute atomic E-state index is 12.2. The first kappa shape index (κ1) is 24.0. The summed E-state index contributed by atoms with van der Waals surface area (Å²) >= 11 is 0. The summed E-state index contributed by atoms with van der Waals surface area (Å²) in [6, 6.07) is 1.79. The second kappa shape index (κ2) is 8.70. The number of nitrogens with two attached hydrogens (primary N) is 1. The monoisotopic (exact) mass is 470 g/mol. The van der Waals surface area contributed by atoms with Gasteiger partial charge in [0.2, 0.25) is 5.82 Å². The minimum atomic E-state index is -5.02. The lowest BCUT2D eigenvalue weighted by molar-refractivity contribution is -0.166. The number of hydrogen-bond donors (Lipinski definition) is 4. The highest BCUT2D eigenvalue weighted by Gasteiger charge is 2.43. The molecule has 2 aromatic heterocycles. The number of anilines is 1. The van der Waals surface area contributed by atoms with E-state index in [1.165, 1.54) is 10.9 Å². The molecule has 0 spiro atoms. The Morgan fingerprint density at radius 1 is 1.47 bits per heavy atom. The third kappa shape index (κ3) is 5.21. The van der Waals surface area contributed by atoms with E-state index in [-0.39, 0.29) is 29.2 Å². The van der Waals surface area contributed by atoms with Crippen LogP contribution in [0.3, 0.4) is 0 Å². The molecule has 0 aliphatic carbocycles. The Morgan fingerprint density at radius 2 is 2.16 bits per heavy atom. The largest absolute Gasteiger partial charge is 0.458 e. The van der Waals surface area contributed by atoms with Crippen LogP contribution < -0.4 is 5.73 Å². The molecule has 3 rings (SSSR count). The van der Waals surface area contributed by atoms with Gasteiger partial charge in [-0.3, -0.25) is 9.13 Å². The molecule has 15 heteroatoms. The van der Waals surface area contributed by atoms with Crippen molar-refractivity contribution in [3.8, 4) is 6.07 Å². The normalized spacial score (nSPS) is 22.6. The second-order valence-corrected chi connectivity index (χ2v) is 9.76. The molecule has 4 atom stereocenters. The lowest BCUT2D eigenvalue weighted by atomic mass is 10.2. The lowest BCUT2D eigenvalue weighted by Gasteiger charge is -2.25. The summed E-state index contributed by atoms with van der Waals surface area (Å²) in [4.78, 5) is 43.1. The maximum Gasteiger partial charge on any atom is 0.365 e. The predicted octanol–water partition coefficient (Wildman–Crippen LogP) is -0.209. The first-order chi connectivity index (χ1) is 14.8. The molecule has 0 amide bonds. The minimum absolute atomic E-state index is 0.00516. The van der Waals surface area contributed by atoms with Gasteiger partial charge in [-0.15, -0.1) is 0 Å². The highest BCUT2D eigenvalue weighted by Crippen LogP contribution is 2.43. The zero-order valence-electron chi connectivity index (χ0n) is 17.4. The van der Waals surface area contributed by atoms with Crippen LogP contribution in [0.25, 0.3) is 11.2 Å². The van der Waals surface area contributed by atoms with E-state index in [0.29, 0.717) is 0 Å². The summed E-state index contributed by atoms with van der Waals surface area (Å²) in [5, 5.41) is 19.4. The first-order valence-corrected chi connectivity index (χ1v) is 11.1. The number of aliphatic hydroxyl groups excluding tert-OH is 1. The van der Waals surface area contributed by atoms with Crippen molar-refractivity contribution in [2.75, 3.05) is 12.3 Å². The SMILES string of the molecule is CC(C)(C)OC(=O)[C@H](OC[C@H]1O[C@@H](n2cnc3c(N)nc(C#N)nc32)C[C@@H]1O)P(=O)(O)O. The Labute approximate surface area is 182 Å². The van der Waals surface area contributed by atoms with Crippen LogP contribution in [-0.4, -0.2) is 70.6 Å². The van der Waals surface area contributed by atoms with E-state index in [4.69, 9.17) is 25.2 Å². The van der Waals surface area contributed by atoms with Crippen LogP contribution in [0.15, 0.2) is 6.33 Å². The molecule has 1 aliphatic heterocycles. The lowest BCUT2D eigenvalue weighted by Crippen LogP contribution is -2.36. The van der Waals surface area contributed by atoms with Crippen molar-refractivity contribution in [2.24, 2.45) is 0 Å². The van der Waals surface area contributed by atoms with Crippen molar-refractivity contribution in [3.63, 3.8) is 0 Å². The number of nitrogen functional groups attached to an aromatic ring is 1. The first-order valence-electron chi connectivity index (χ1n) is 9.43. The Kier molecular flexibility index (Phi) is 6.52. The number of fused-ring (bicyclic) bond motifs is 1. The number of hydrogen-bond acceptors (Lipinski definition) is 11. The van der Waals surface area contributed by atoms with E-state index in [2.05, 4.69) is 15.0 Å². The average molecular weight is 470 g/mol. The van der Waals surface area contributed by atoms with E-state index in [0.717, 1.165) is 0 Å². The molecule has 0 saturated carbocycles. The van der Waals surface area contributed by atoms with Gasteiger partial charge in [0, 0.05) is 6.42 Å². The topological polar surface area (TPSA) is 216 Å². The van der Waals surface area contributed by atoms with E-state index in [1.54, 1.807) is 26.8 Å². The standard InChI is InChI=1S/C17H23N6O8P/c1-17(2,3)31-15(25)16(32(26,27)28)29-6-9-8(24)4-11(30-9)23-7-20-12-13(19)21-10(5-18)22-14(12)23/h7-9,11,16,24H,4,6H2,1-3H3,(H2,19,21,22)(H2,26,27,28)/t8-,9+,11+,16+/m0/s1. The summed E-state index contributed by atoms with van der Waals surface area (Å²) in [6.45, 7) is 4.12. The molecular weight excluding hydrogens is 447 g/mol. The van der Waals surface area contributed by atoms with E-state index in [1.807, 2.05) is 0 Å². The molecule has 5 N–H and O–H groups in total. The fourth-order valence-electron chi connectivity index (χ4n) is 3.08. The van der Waals surface area contributed by atoms with Gasteiger partial charge in [-0.05, 0) is 20.8 Å². The van der Waals surface area contributed by atoms with Gasteiger partial charge in [-0.1, -0.05) is 0 Å². The molecule has 0 unspecified atom stereocenters. The highest BCUT2D eigenvalue weighted by atomic mass is 31.2. The van der Waals surface area contributed by atoms with Gasteiger partial charge in [0.1, 0.15) is 29.5 Å². The molecule has 1 saturated heterocycles. The Hall–Kier alpha value is -2.66. The number of nitriles is 1. The summed E-state index contributed by atoms with van der Waals surface area (Å²) in [5.41, 5.74) is 5.26. The van der Waals surface area contributed by atoms with Crippen molar-refractivity contribution >= 4 is 30.5 Å². The van der Waals surface area contributed by atoms with E-state index in [9.17, 15) is 24.3 Å². The van der Waals surface area contributed by atoms with Gasteiger partial charge >= 0.3 is 13.6 Å². The van der Waals surface area contributed by atoms with E-state index >= 15 is 0 Å². The second-order valence-electron chi connectivity index (χ2n) is 8.11. The van der Waals surface area contributed by atoms with Crippen molar-refractivity contribution in [3.05, 3.63) is 12.2 Å². The number of nitrogens with zero attached hydrogens (tertiary/aromatic N) is 5. The number of aliphatic hydroxyl groups is 1. The number of rotatable bonds is 6. The predicted molar refractivity (Wildman–Crippen MR) is 107 cm³/mol. The number of aromatic nitrogens is 4. The molecular formula is C17H23N6O8P. The van der Waals surface area contributed by atoms with Crippen LogP contribution in [-0.2, 0) is 23.6 Å². The smallest absolute Gasteiger partial charge is 0.365 e. The quantitative estimate of drug-likeness (QED) is 0.318. The van der Waals surface area contributed by atoms with Gasteiger partial charge in [0.25, 0.3) is 5.85 Å². The molecule has 1 aliphatic rings. The van der Waals surface area contributed by atoms with Crippen LogP contribution >= 0.6 is 7.60 Å². The van der Waals surface area contributed by atoms with Gasteiger partial charge in [0.15, 0.2) is 11.5 Å². The van der Waals surface area contributed by atoms with Gasteiger partial charge in [0.05, 0.1) is 19.0 Å². The molecule has 0 bridgehead atoms. The molecule has 1 fully saturated rings. The van der Waals surface area contributed by atoms with Crippen LogP contribution in [0.5, 0.6) is 0 Å². The van der Waals surface area contributed by atoms with Crippen LogP contribution in [0.4, 0.5) is 5.82 Å². The van der Waals surface area contributed by atoms with Crippen molar-refractivity contribution < 1.29 is 38.5 Å². The molecule has 14 nitrogen and oxygen atoms in total. The van der Waals surface area contributed by atoms with Crippen LogP contribution in [0.2, 0.25) is 0 Å². The third-order valence-corrected chi connectivity index (χ3v) is 5.37. The number of carbonyl (C=O) groups excluding carboxylic acids is 1. The molecule has 2 aromatic rings. The zero-order chi connectivity index (χ0) is 23.8. The number of carbonyl (C=O) groups is 1. The fourth-order valence-corrected chi connectivity index (χ4v) is 3.68. The van der Waals surface area contributed by atoms with Gasteiger partial charge in [-0.25, -0.2) is 9.78 Å². The minimum Gasteiger partial charge on any atom is -0.458 e. The number of esters is 1. The molecule has 174 valence electrons. The third-order valence-electron chi connectivity index (χ3n) is 4.40. The van der Waals surface area contributed by atoms with Crippen LogP contribution in [0.1, 0.15) is 39.2 Å². The summed E-state index contributed by atoms with van der Waals surface area (Å²) < 4.78 is 29.1. The van der Waals surface area contributed by atoms with Gasteiger partial charge < -0.3 is 34.8 Å². The van der Waals surface area contributed by atoms with Crippen molar-refractivity contribution in [1.29, 1.82) is 5.26 Å². The Bertz CT molecular complexity index is 1100. The van der Waals surface area contributed by atoms with Crippen LogP contribution in [0, 0.1) is 11.3 Å². The zero-order valence-corrected chi connectivity index (χ0v) is 18.3. The molecule has 0 radical (unpaired) electrons. The summed E-state index contributed by atoms with van der Waals surface area (Å²) in [5.74, 6) is -3.56. The average Bonchev–Trinajstić information content (AvgIpc) is 3.23. The van der Waals surface area contributed by atoms with E-state index < -0.39 is 50.1 Å². The Balaban J connectivity index is 1.75. The molecule has 3 heterocycles. The Morgan fingerprint density at radius 3 is 2.75 bits per heavy atom. The summed E-state index contributed by atoms with van der Waals surface area (Å²) in [7, 11) is -5.02. The summed E-state index contributed by atoms with van der Waals surface area (Å²) in [6.07, 6.45) is -1.50. The highest BCUT2D eigenvalue weighted by molar-refractivity contribution is 7.53. The number of ether oxygens (including phenoxy) is 3.